The summed E-state index contributed by atoms with van der Waals surface area (Å²) in [7, 11) is 0. The first-order chi connectivity index (χ1) is 10.1. The molecule has 0 saturated carbocycles. The molecule has 3 N–H and O–H groups in total. The van der Waals surface area contributed by atoms with Crippen molar-refractivity contribution in [2.45, 2.75) is 25.3 Å². The zero-order chi connectivity index (χ0) is 14.8. The molecule has 0 heterocycles. The van der Waals surface area contributed by atoms with Crippen LogP contribution in [0.15, 0.2) is 46.9 Å². The molecule has 2 aromatic rings. The van der Waals surface area contributed by atoms with E-state index in [0.717, 1.165) is 28.6 Å². The monoisotopic (exact) mass is 344 g/mol. The Hall–Kier alpha value is -1.81. The Balaban J connectivity index is 1.85. The van der Waals surface area contributed by atoms with Gasteiger partial charge in [0.25, 0.3) is 0 Å². The van der Waals surface area contributed by atoms with Gasteiger partial charge in [-0.1, -0.05) is 40.2 Å². The minimum absolute atomic E-state index is 0.267. The number of hydrogen-bond donors (Lipinski definition) is 2. The Morgan fingerprint density at radius 2 is 2.10 bits per heavy atom. The smallest absolute Gasteiger partial charge is 0.221 e. The standard InChI is InChI=1S/C17H17BrN2O/c18-13-6-7-14-11(9-13)5-8-16(14)20-15-4-2-1-3-12(15)10-17(19)21/h1-4,6-7,9,16,20H,5,8,10H2,(H2,19,21). The lowest BCUT2D eigenvalue weighted by molar-refractivity contribution is -0.117. The number of aryl methyl sites for hydroxylation is 1. The Labute approximate surface area is 132 Å². The lowest BCUT2D eigenvalue weighted by Crippen LogP contribution is -2.16. The fraction of sp³-hybridized carbons (Fsp3) is 0.235. The molecule has 4 heteroatoms. The molecule has 1 amide bonds. The Bertz CT molecular complexity index is 684. The van der Waals surface area contributed by atoms with Crippen LogP contribution < -0.4 is 11.1 Å². The van der Waals surface area contributed by atoms with Gasteiger partial charge in [0.15, 0.2) is 0 Å². The predicted molar refractivity (Wildman–Crippen MR) is 88.2 cm³/mol. The highest BCUT2D eigenvalue weighted by Gasteiger charge is 2.23. The topological polar surface area (TPSA) is 55.1 Å². The van der Waals surface area contributed by atoms with E-state index in [2.05, 4.69) is 39.4 Å². The predicted octanol–water partition coefficient (Wildman–Crippen LogP) is 3.58. The van der Waals surface area contributed by atoms with Gasteiger partial charge in [-0.2, -0.15) is 0 Å². The minimum Gasteiger partial charge on any atom is -0.378 e. The molecule has 0 spiro atoms. The van der Waals surface area contributed by atoms with Crippen LogP contribution in [0.3, 0.4) is 0 Å². The highest BCUT2D eigenvalue weighted by molar-refractivity contribution is 9.10. The number of nitrogens with one attached hydrogen (secondary N) is 1. The van der Waals surface area contributed by atoms with Crippen molar-refractivity contribution in [3.8, 4) is 0 Å². The first-order valence-electron chi connectivity index (χ1n) is 7.04. The van der Waals surface area contributed by atoms with E-state index in [-0.39, 0.29) is 12.3 Å². The third-order valence-corrected chi connectivity index (χ3v) is 4.39. The van der Waals surface area contributed by atoms with Gasteiger partial charge in [-0.15, -0.1) is 0 Å². The molecule has 0 aromatic heterocycles. The SMILES string of the molecule is NC(=O)Cc1ccccc1NC1CCc2cc(Br)ccc21. The van der Waals surface area contributed by atoms with Crippen molar-refractivity contribution in [2.24, 2.45) is 5.73 Å². The molecule has 0 saturated heterocycles. The number of hydrogen-bond acceptors (Lipinski definition) is 2. The number of halogens is 1. The molecule has 0 fully saturated rings. The van der Waals surface area contributed by atoms with Crippen LogP contribution in [-0.4, -0.2) is 5.91 Å². The highest BCUT2D eigenvalue weighted by atomic mass is 79.9. The van der Waals surface area contributed by atoms with Crippen LogP contribution >= 0.6 is 15.9 Å². The summed E-state index contributed by atoms with van der Waals surface area (Å²) in [6.07, 6.45) is 2.41. The van der Waals surface area contributed by atoms with Gasteiger partial charge >= 0.3 is 0 Å². The van der Waals surface area contributed by atoms with Gasteiger partial charge in [0.05, 0.1) is 12.5 Å². The van der Waals surface area contributed by atoms with Gasteiger partial charge in [0.1, 0.15) is 0 Å². The summed E-state index contributed by atoms with van der Waals surface area (Å²) in [5, 5.41) is 3.57. The van der Waals surface area contributed by atoms with E-state index in [9.17, 15) is 4.79 Å². The molecule has 1 atom stereocenters. The van der Waals surface area contributed by atoms with Gasteiger partial charge in [0, 0.05) is 10.2 Å². The van der Waals surface area contributed by atoms with E-state index in [1.807, 2.05) is 24.3 Å². The normalized spacial score (nSPS) is 16.5. The maximum Gasteiger partial charge on any atom is 0.221 e. The fourth-order valence-electron chi connectivity index (χ4n) is 2.93. The molecule has 0 radical (unpaired) electrons. The van der Waals surface area contributed by atoms with Crippen molar-refractivity contribution in [3.63, 3.8) is 0 Å². The van der Waals surface area contributed by atoms with Crippen LogP contribution in [0.5, 0.6) is 0 Å². The molecule has 108 valence electrons. The van der Waals surface area contributed by atoms with Gasteiger partial charge in [0.2, 0.25) is 5.91 Å². The van der Waals surface area contributed by atoms with Crippen LogP contribution in [0.2, 0.25) is 0 Å². The van der Waals surface area contributed by atoms with E-state index in [1.54, 1.807) is 0 Å². The zero-order valence-corrected chi connectivity index (χ0v) is 13.2. The summed E-state index contributed by atoms with van der Waals surface area (Å²) in [6, 6.07) is 14.6. The first kappa shape index (κ1) is 14.1. The number of primary amides is 1. The maximum atomic E-state index is 11.2. The lowest BCUT2D eigenvalue weighted by Gasteiger charge is -2.18. The van der Waals surface area contributed by atoms with Gasteiger partial charge in [-0.25, -0.2) is 0 Å². The van der Waals surface area contributed by atoms with Crippen molar-refractivity contribution in [1.29, 1.82) is 0 Å². The number of carbonyl (C=O) groups excluding carboxylic acids is 1. The van der Waals surface area contributed by atoms with Crippen molar-refractivity contribution >= 4 is 27.5 Å². The molecule has 1 unspecified atom stereocenters. The quantitative estimate of drug-likeness (QED) is 0.890. The number of benzene rings is 2. The average molecular weight is 345 g/mol. The molecule has 21 heavy (non-hydrogen) atoms. The third kappa shape index (κ3) is 3.10. The summed E-state index contributed by atoms with van der Waals surface area (Å²) < 4.78 is 1.12. The molecule has 2 aromatic carbocycles. The van der Waals surface area contributed by atoms with E-state index in [1.165, 1.54) is 11.1 Å². The van der Waals surface area contributed by atoms with E-state index < -0.39 is 0 Å². The van der Waals surface area contributed by atoms with Crippen LogP contribution in [0.1, 0.15) is 29.2 Å². The summed E-state index contributed by atoms with van der Waals surface area (Å²) in [5.74, 6) is -0.306. The number of fused-ring (bicyclic) bond motifs is 1. The van der Waals surface area contributed by atoms with E-state index in [0.29, 0.717) is 6.04 Å². The number of amides is 1. The van der Waals surface area contributed by atoms with Crippen molar-refractivity contribution in [3.05, 3.63) is 63.6 Å². The largest absolute Gasteiger partial charge is 0.378 e. The van der Waals surface area contributed by atoms with Gasteiger partial charge < -0.3 is 11.1 Å². The number of anilines is 1. The van der Waals surface area contributed by atoms with Crippen LogP contribution in [0, 0.1) is 0 Å². The van der Waals surface area contributed by atoms with Gasteiger partial charge in [-0.05, 0) is 47.7 Å². The van der Waals surface area contributed by atoms with Crippen molar-refractivity contribution < 1.29 is 4.79 Å². The zero-order valence-electron chi connectivity index (χ0n) is 11.6. The molecule has 0 aliphatic heterocycles. The van der Waals surface area contributed by atoms with E-state index >= 15 is 0 Å². The Morgan fingerprint density at radius 3 is 2.90 bits per heavy atom. The van der Waals surface area contributed by atoms with Crippen LogP contribution in [0.25, 0.3) is 0 Å². The number of nitrogens with two attached hydrogens (primary N) is 1. The number of para-hydroxylation sites is 1. The van der Waals surface area contributed by atoms with Crippen molar-refractivity contribution in [1.82, 2.24) is 0 Å². The summed E-state index contributed by atoms with van der Waals surface area (Å²) in [4.78, 5) is 11.2. The second-order valence-corrected chi connectivity index (χ2v) is 6.29. The molecule has 3 rings (SSSR count). The highest BCUT2D eigenvalue weighted by Crippen LogP contribution is 2.36. The first-order valence-corrected chi connectivity index (χ1v) is 7.84. The molecule has 3 nitrogen and oxygen atoms in total. The number of rotatable bonds is 4. The third-order valence-electron chi connectivity index (χ3n) is 3.89. The van der Waals surface area contributed by atoms with Crippen LogP contribution in [-0.2, 0) is 17.6 Å². The summed E-state index contributed by atoms with van der Waals surface area (Å²) in [6.45, 7) is 0. The maximum absolute atomic E-state index is 11.2. The number of carbonyl (C=O) groups is 1. The second kappa shape index (κ2) is 5.90. The molecule has 1 aliphatic carbocycles. The Morgan fingerprint density at radius 1 is 1.29 bits per heavy atom. The van der Waals surface area contributed by atoms with Gasteiger partial charge in [-0.3, -0.25) is 4.79 Å². The molecule has 0 bridgehead atoms. The molecular formula is C17H17BrN2O. The van der Waals surface area contributed by atoms with Crippen molar-refractivity contribution in [2.75, 3.05) is 5.32 Å². The van der Waals surface area contributed by atoms with Crippen LogP contribution in [0.4, 0.5) is 5.69 Å². The molecule has 1 aliphatic rings. The molecular weight excluding hydrogens is 328 g/mol. The minimum atomic E-state index is -0.306. The Kier molecular flexibility index (Phi) is 3.97. The lowest BCUT2D eigenvalue weighted by atomic mass is 10.1. The summed E-state index contributed by atoms with van der Waals surface area (Å²) in [5.41, 5.74) is 10.00. The summed E-state index contributed by atoms with van der Waals surface area (Å²) >= 11 is 3.52. The second-order valence-electron chi connectivity index (χ2n) is 5.38. The van der Waals surface area contributed by atoms with E-state index in [4.69, 9.17) is 5.73 Å². The average Bonchev–Trinajstić information content (AvgIpc) is 2.83. The fourth-order valence-corrected chi connectivity index (χ4v) is 3.34.